The molecule has 2 unspecified atom stereocenters. The maximum absolute atomic E-state index is 6.09. The molecule has 0 bridgehead atoms. The number of hydrogen-bond acceptors (Lipinski definition) is 3. The fraction of sp³-hybridized carbons (Fsp3) is 0.438. The average molecular weight is 307 g/mol. The van der Waals surface area contributed by atoms with Crippen molar-refractivity contribution in [3.05, 3.63) is 53.6 Å². The van der Waals surface area contributed by atoms with E-state index in [0.717, 1.165) is 24.4 Å². The van der Waals surface area contributed by atoms with Gasteiger partial charge in [-0.05, 0) is 24.6 Å². The largest absolute Gasteiger partial charge is 0.347 e. The van der Waals surface area contributed by atoms with Gasteiger partial charge in [-0.15, -0.1) is 0 Å². The Kier molecular flexibility index (Phi) is 4.29. The molecule has 4 nitrogen and oxygen atoms in total. The monoisotopic (exact) mass is 306 g/mol. The number of hydrogen-bond donors (Lipinski definition) is 0. The van der Waals surface area contributed by atoms with Crippen LogP contribution in [0.2, 0.25) is 5.02 Å². The van der Waals surface area contributed by atoms with Crippen molar-refractivity contribution >= 4 is 11.6 Å². The van der Waals surface area contributed by atoms with Gasteiger partial charge in [0.25, 0.3) is 0 Å². The second-order valence-corrected chi connectivity index (χ2v) is 5.94. The summed E-state index contributed by atoms with van der Waals surface area (Å²) in [5.41, 5.74) is 1.17. The second kappa shape index (κ2) is 6.18. The summed E-state index contributed by atoms with van der Waals surface area (Å²) >= 11 is 5.94. The number of rotatable bonds is 5. The molecule has 0 saturated carbocycles. The highest BCUT2D eigenvalue weighted by atomic mass is 35.5. The number of ether oxygens (including phenoxy) is 2. The highest BCUT2D eigenvalue weighted by Gasteiger charge is 2.39. The van der Waals surface area contributed by atoms with Gasteiger partial charge in [-0.2, -0.15) is 0 Å². The number of halogens is 1. The van der Waals surface area contributed by atoms with E-state index in [-0.39, 0.29) is 6.10 Å². The van der Waals surface area contributed by atoms with Crippen LogP contribution in [0.4, 0.5) is 0 Å². The number of benzene rings is 1. The van der Waals surface area contributed by atoms with Crippen LogP contribution in [0.3, 0.4) is 0 Å². The zero-order chi connectivity index (χ0) is 14.7. The zero-order valence-electron chi connectivity index (χ0n) is 12.0. The Morgan fingerprint density at radius 3 is 2.81 bits per heavy atom. The Labute approximate surface area is 129 Å². The van der Waals surface area contributed by atoms with Gasteiger partial charge in [0.1, 0.15) is 0 Å². The second-order valence-electron chi connectivity index (χ2n) is 5.50. The first kappa shape index (κ1) is 14.6. The summed E-state index contributed by atoms with van der Waals surface area (Å²) in [6.45, 7) is 3.50. The highest BCUT2D eigenvalue weighted by molar-refractivity contribution is 6.30. The minimum absolute atomic E-state index is 0.125. The lowest BCUT2D eigenvalue weighted by molar-refractivity contribution is -0.171. The SMILES string of the molecule is CC1COC(CCn2ccnc2)(Cc2ccc(Cl)cc2)O1. The molecule has 112 valence electrons. The molecule has 3 rings (SSSR count). The highest BCUT2D eigenvalue weighted by Crippen LogP contribution is 2.32. The Morgan fingerprint density at radius 2 is 2.19 bits per heavy atom. The van der Waals surface area contributed by atoms with Crippen molar-refractivity contribution in [1.29, 1.82) is 0 Å². The number of nitrogens with zero attached hydrogens (tertiary/aromatic N) is 2. The van der Waals surface area contributed by atoms with Crippen LogP contribution in [-0.4, -0.2) is 28.0 Å². The van der Waals surface area contributed by atoms with E-state index in [0.29, 0.717) is 6.61 Å². The fourth-order valence-electron chi connectivity index (χ4n) is 2.65. The summed E-state index contributed by atoms with van der Waals surface area (Å²) in [6.07, 6.45) is 7.19. The molecule has 1 fully saturated rings. The van der Waals surface area contributed by atoms with E-state index >= 15 is 0 Å². The van der Waals surface area contributed by atoms with Gasteiger partial charge in [-0.25, -0.2) is 4.98 Å². The van der Waals surface area contributed by atoms with Crippen LogP contribution in [0.5, 0.6) is 0 Å². The van der Waals surface area contributed by atoms with Gasteiger partial charge >= 0.3 is 0 Å². The number of imidazole rings is 1. The molecule has 2 heterocycles. The van der Waals surface area contributed by atoms with E-state index in [4.69, 9.17) is 21.1 Å². The summed E-state index contributed by atoms with van der Waals surface area (Å²) in [7, 11) is 0. The molecule has 2 atom stereocenters. The van der Waals surface area contributed by atoms with Crippen LogP contribution >= 0.6 is 11.6 Å². The Morgan fingerprint density at radius 1 is 1.38 bits per heavy atom. The van der Waals surface area contributed by atoms with E-state index in [1.807, 2.05) is 48.3 Å². The summed E-state index contributed by atoms with van der Waals surface area (Å²) in [5.74, 6) is -0.558. The topological polar surface area (TPSA) is 36.3 Å². The normalized spacial score (nSPS) is 25.3. The Bertz CT molecular complexity index is 570. The van der Waals surface area contributed by atoms with Gasteiger partial charge < -0.3 is 14.0 Å². The minimum atomic E-state index is -0.558. The van der Waals surface area contributed by atoms with Gasteiger partial charge in [0.2, 0.25) is 0 Å². The lowest BCUT2D eigenvalue weighted by Gasteiger charge is -2.28. The van der Waals surface area contributed by atoms with Crippen molar-refractivity contribution in [3.8, 4) is 0 Å². The van der Waals surface area contributed by atoms with Gasteiger partial charge in [0.05, 0.1) is 19.0 Å². The number of aromatic nitrogens is 2. The minimum Gasteiger partial charge on any atom is -0.347 e. The van der Waals surface area contributed by atoms with E-state index in [9.17, 15) is 0 Å². The molecule has 0 N–H and O–H groups in total. The molecule has 2 aromatic rings. The van der Waals surface area contributed by atoms with Crippen molar-refractivity contribution in [2.24, 2.45) is 0 Å². The average Bonchev–Trinajstić information content (AvgIpc) is 3.10. The lowest BCUT2D eigenvalue weighted by Crippen LogP contribution is -2.35. The van der Waals surface area contributed by atoms with Gasteiger partial charge in [0, 0.05) is 36.8 Å². The van der Waals surface area contributed by atoms with E-state index in [1.165, 1.54) is 5.56 Å². The van der Waals surface area contributed by atoms with Crippen LogP contribution in [0.1, 0.15) is 18.9 Å². The van der Waals surface area contributed by atoms with Gasteiger partial charge in [0.15, 0.2) is 5.79 Å². The first-order valence-electron chi connectivity index (χ1n) is 7.17. The molecule has 5 heteroatoms. The smallest absolute Gasteiger partial charge is 0.174 e. The van der Waals surface area contributed by atoms with Crippen molar-refractivity contribution in [3.63, 3.8) is 0 Å². The Hall–Kier alpha value is -1.36. The predicted molar refractivity (Wildman–Crippen MR) is 81.2 cm³/mol. The van der Waals surface area contributed by atoms with Crippen molar-refractivity contribution < 1.29 is 9.47 Å². The molecule has 0 amide bonds. The molecule has 21 heavy (non-hydrogen) atoms. The molecule has 0 radical (unpaired) electrons. The first-order chi connectivity index (χ1) is 10.2. The first-order valence-corrected chi connectivity index (χ1v) is 7.55. The lowest BCUT2D eigenvalue weighted by atomic mass is 10.0. The third-order valence-corrected chi connectivity index (χ3v) is 3.95. The van der Waals surface area contributed by atoms with Crippen LogP contribution in [0.25, 0.3) is 0 Å². The summed E-state index contributed by atoms with van der Waals surface area (Å²) in [5, 5.41) is 0.743. The maximum Gasteiger partial charge on any atom is 0.174 e. The van der Waals surface area contributed by atoms with Gasteiger partial charge in [-0.3, -0.25) is 0 Å². The van der Waals surface area contributed by atoms with E-state index < -0.39 is 5.79 Å². The molecular formula is C16H19ClN2O2. The van der Waals surface area contributed by atoms with Crippen molar-refractivity contribution in [1.82, 2.24) is 9.55 Å². The van der Waals surface area contributed by atoms with Gasteiger partial charge in [-0.1, -0.05) is 23.7 Å². The molecular weight excluding hydrogens is 288 g/mol. The fourth-order valence-corrected chi connectivity index (χ4v) is 2.77. The van der Waals surface area contributed by atoms with Crippen LogP contribution in [-0.2, 0) is 22.4 Å². The summed E-state index contributed by atoms with van der Waals surface area (Å²) in [6, 6.07) is 7.85. The standard InChI is InChI=1S/C16H19ClN2O2/c1-13-11-20-16(21-13,6-8-19-9-7-18-12-19)10-14-2-4-15(17)5-3-14/h2-5,7,9,12-13H,6,8,10-11H2,1H3. The quantitative estimate of drug-likeness (QED) is 0.850. The third-order valence-electron chi connectivity index (χ3n) is 3.69. The van der Waals surface area contributed by atoms with Crippen molar-refractivity contribution in [2.75, 3.05) is 6.61 Å². The maximum atomic E-state index is 6.09. The summed E-state index contributed by atoms with van der Waals surface area (Å²) in [4.78, 5) is 4.07. The molecule has 0 aliphatic carbocycles. The summed E-state index contributed by atoms with van der Waals surface area (Å²) < 4.78 is 14.1. The van der Waals surface area contributed by atoms with Crippen LogP contribution < -0.4 is 0 Å². The molecule has 1 aromatic carbocycles. The van der Waals surface area contributed by atoms with E-state index in [1.54, 1.807) is 6.20 Å². The third kappa shape index (κ3) is 3.64. The molecule has 1 aliphatic rings. The zero-order valence-corrected chi connectivity index (χ0v) is 12.8. The molecule has 1 aromatic heterocycles. The van der Waals surface area contributed by atoms with Crippen LogP contribution in [0.15, 0.2) is 43.0 Å². The van der Waals surface area contributed by atoms with E-state index in [2.05, 4.69) is 4.98 Å². The number of aryl methyl sites for hydroxylation is 1. The van der Waals surface area contributed by atoms with Crippen molar-refractivity contribution in [2.45, 2.75) is 38.2 Å². The Balaban J connectivity index is 1.72. The molecule has 1 aliphatic heterocycles. The molecule has 0 spiro atoms. The predicted octanol–water partition coefficient (Wildman–Crippen LogP) is 3.30. The van der Waals surface area contributed by atoms with Crippen LogP contribution in [0, 0.1) is 0 Å². The molecule has 1 saturated heterocycles.